The largest absolute Gasteiger partial charge is 0.491 e. The lowest BCUT2D eigenvalue weighted by Crippen LogP contribution is -2.16. The van der Waals surface area contributed by atoms with Gasteiger partial charge in [-0.1, -0.05) is 0 Å². The summed E-state index contributed by atoms with van der Waals surface area (Å²) in [6, 6.07) is 4.63. The summed E-state index contributed by atoms with van der Waals surface area (Å²) in [6.45, 7) is 1.22. The Morgan fingerprint density at radius 1 is 1.22 bits per heavy atom. The molecule has 0 amide bonds. The third kappa shape index (κ3) is 3.96. The first-order valence-corrected chi connectivity index (χ1v) is 7.66. The third-order valence-electron chi connectivity index (χ3n) is 3.70. The molecule has 1 aromatic carbocycles. The van der Waals surface area contributed by atoms with Gasteiger partial charge >= 0.3 is 0 Å². The standard InChI is InChI=1S/C17H20FN3O2/c1-21(2)17-19-9-13(10-20-17)12-6-14(18)8-16(7-12)23-11-15-4-3-5-22-15/h6-10,15H,3-5,11H2,1-2H3. The van der Waals surface area contributed by atoms with E-state index in [0.29, 0.717) is 23.9 Å². The van der Waals surface area contributed by atoms with Gasteiger partial charge in [0.25, 0.3) is 0 Å². The van der Waals surface area contributed by atoms with Gasteiger partial charge in [-0.25, -0.2) is 14.4 Å². The molecule has 0 N–H and O–H groups in total. The predicted molar refractivity (Wildman–Crippen MR) is 86.2 cm³/mol. The molecule has 0 radical (unpaired) electrons. The topological polar surface area (TPSA) is 47.5 Å². The van der Waals surface area contributed by atoms with Crippen molar-refractivity contribution >= 4 is 5.95 Å². The fourth-order valence-electron chi connectivity index (χ4n) is 2.48. The van der Waals surface area contributed by atoms with E-state index < -0.39 is 0 Å². The normalized spacial score (nSPS) is 17.3. The monoisotopic (exact) mass is 317 g/mol. The Morgan fingerprint density at radius 3 is 2.65 bits per heavy atom. The van der Waals surface area contributed by atoms with E-state index in [-0.39, 0.29) is 11.9 Å². The lowest BCUT2D eigenvalue weighted by Gasteiger charge is -2.13. The van der Waals surface area contributed by atoms with Crippen LogP contribution in [0.2, 0.25) is 0 Å². The maximum atomic E-state index is 13.9. The van der Waals surface area contributed by atoms with Crippen molar-refractivity contribution in [3.8, 4) is 16.9 Å². The van der Waals surface area contributed by atoms with Crippen molar-refractivity contribution in [2.75, 3.05) is 32.2 Å². The van der Waals surface area contributed by atoms with Crippen LogP contribution in [0.15, 0.2) is 30.6 Å². The molecule has 2 aromatic rings. The molecule has 0 spiro atoms. The lowest BCUT2D eigenvalue weighted by molar-refractivity contribution is 0.0678. The zero-order valence-electron chi connectivity index (χ0n) is 13.3. The molecule has 3 rings (SSSR count). The van der Waals surface area contributed by atoms with E-state index in [2.05, 4.69) is 9.97 Å². The molecule has 1 fully saturated rings. The van der Waals surface area contributed by atoms with Crippen molar-refractivity contribution in [3.63, 3.8) is 0 Å². The smallest absolute Gasteiger partial charge is 0.224 e. The van der Waals surface area contributed by atoms with Crippen LogP contribution in [0.1, 0.15) is 12.8 Å². The number of halogens is 1. The van der Waals surface area contributed by atoms with Gasteiger partial charge in [0, 0.05) is 44.7 Å². The summed E-state index contributed by atoms with van der Waals surface area (Å²) in [4.78, 5) is 10.3. The minimum Gasteiger partial charge on any atom is -0.491 e. The minimum atomic E-state index is -0.346. The maximum Gasteiger partial charge on any atom is 0.224 e. The van der Waals surface area contributed by atoms with E-state index in [9.17, 15) is 4.39 Å². The number of ether oxygens (including phenoxy) is 2. The molecule has 0 saturated carbocycles. The van der Waals surface area contributed by atoms with Crippen molar-refractivity contribution < 1.29 is 13.9 Å². The van der Waals surface area contributed by atoms with E-state index in [1.165, 1.54) is 12.1 Å². The molecule has 1 atom stereocenters. The van der Waals surface area contributed by atoms with Crippen LogP contribution < -0.4 is 9.64 Å². The molecule has 1 unspecified atom stereocenters. The van der Waals surface area contributed by atoms with Crippen molar-refractivity contribution in [2.24, 2.45) is 0 Å². The Hall–Kier alpha value is -2.21. The molecule has 2 heterocycles. The average molecular weight is 317 g/mol. The summed E-state index contributed by atoms with van der Waals surface area (Å²) in [7, 11) is 3.74. The summed E-state index contributed by atoms with van der Waals surface area (Å²) in [5.41, 5.74) is 1.44. The summed E-state index contributed by atoms with van der Waals surface area (Å²) in [5, 5.41) is 0. The number of aromatic nitrogens is 2. The number of benzene rings is 1. The van der Waals surface area contributed by atoms with Gasteiger partial charge in [0.1, 0.15) is 18.2 Å². The highest BCUT2D eigenvalue weighted by molar-refractivity contribution is 5.64. The zero-order chi connectivity index (χ0) is 16.2. The minimum absolute atomic E-state index is 0.101. The van der Waals surface area contributed by atoms with Crippen LogP contribution in [0.3, 0.4) is 0 Å². The number of rotatable bonds is 5. The molecule has 0 aliphatic carbocycles. The molecule has 1 saturated heterocycles. The second-order valence-corrected chi connectivity index (χ2v) is 5.79. The van der Waals surface area contributed by atoms with E-state index in [0.717, 1.165) is 25.0 Å². The Labute approximate surface area is 135 Å². The lowest BCUT2D eigenvalue weighted by atomic mass is 10.1. The summed E-state index contributed by atoms with van der Waals surface area (Å²) >= 11 is 0. The molecule has 6 heteroatoms. The number of hydrogen-bond acceptors (Lipinski definition) is 5. The van der Waals surface area contributed by atoms with Crippen LogP contribution in [0, 0.1) is 5.82 Å². The van der Waals surface area contributed by atoms with Gasteiger partial charge in [0.2, 0.25) is 5.95 Å². The summed E-state index contributed by atoms with van der Waals surface area (Å²) < 4.78 is 25.1. The molecular formula is C17H20FN3O2. The van der Waals surface area contributed by atoms with Crippen molar-refractivity contribution in [2.45, 2.75) is 18.9 Å². The second-order valence-electron chi connectivity index (χ2n) is 5.79. The molecule has 5 nitrogen and oxygen atoms in total. The highest BCUT2D eigenvalue weighted by Gasteiger charge is 2.16. The van der Waals surface area contributed by atoms with Crippen LogP contribution >= 0.6 is 0 Å². The number of hydrogen-bond donors (Lipinski definition) is 0. The Morgan fingerprint density at radius 2 is 2.00 bits per heavy atom. The predicted octanol–water partition coefficient (Wildman–Crippen LogP) is 2.91. The Bertz CT molecular complexity index is 655. The van der Waals surface area contributed by atoms with E-state index in [4.69, 9.17) is 9.47 Å². The SMILES string of the molecule is CN(C)c1ncc(-c2cc(F)cc(OCC3CCCO3)c2)cn1. The molecule has 122 valence electrons. The third-order valence-corrected chi connectivity index (χ3v) is 3.70. The molecular weight excluding hydrogens is 297 g/mol. The summed E-state index contributed by atoms with van der Waals surface area (Å²) in [6.07, 6.45) is 5.51. The maximum absolute atomic E-state index is 13.9. The molecule has 0 bridgehead atoms. The Kier molecular flexibility index (Phi) is 4.71. The molecule has 1 aromatic heterocycles. The Balaban J connectivity index is 1.76. The quantitative estimate of drug-likeness (QED) is 0.848. The van der Waals surface area contributed by atoms with Crippen LogP contribution in [0.4, 0.5) is 10.3 Å². The van der Waals surface area contributed by atoms with Gasteiger partial charge in [-0.15, -0.1) is 0 Å². The highest BCUT2D eigenvalue weighted by Crippen LogP contribution is 2.26. The van der Waals surface area contributed by atoms with Crippen molar-refractivity contribution in [1.29, 1.82) is 0 Å². The van der Waals surface area contributed by atoms with Crippen LogP contribution in [-0.4, -0.2) is 43.4 Å². The highest BCUT2D eigenvalue weighted by atomic mass is 19.1. The van der Waals surface area contributed by atoms with Crippen LogP contribution in [-0.2, 0) is 4.74 Å². The zero-order valence-corrected chi connectivity index (χ0v) is 13.3. The molecule has 1 aliphatic rings. The molecule has 23 heavy (non-hydrogen) atoms. The van der Waals surface area contributed by atoms with E-state index >= 15 is 0 Å². The van der Waals surface area contributed by atoms with Crippen molar-refractivity contribution in [3.05, 3.63) is 36.4 Å². The van der Waals surface area contributed by atoms with Crippen molar-refractivity contribution in [1.82, 2.24) is 9.97 Å². The van der Waals surface area contributed by atoms with Gasteiger partial charge in [-0.3, -0.25) is 0 Å². The van der Waals surface area contributed by atoms with E-state index in [1.54, 1.807) is 18.5 Å². The number of nitrogens with zero attached hydrogens (tertiary/aromatic N) is 3. The number of anilines is 1. The van der Waals surface area contributed by atoms with Gasteiger partial charge in [0.05, 0.1) is 6.10 Å². The van der Waals surface area contributed by atoms with Gasteiger partial charge in [0.15, 0.2) is 0 Å². The first-order chi connectivity index (χ1) is 11.1. The van der Waals surface area contributed by atoms with Crippen LogP contribution in [0.5, 0.6) is 5.75 Å². The van der Waals surface area contributed by atoms with Gasteiger partial charge in [-0.05, 0) is 30.5 Å². The molecule has 1 aliphatic heterocycles. The van der Waals surface area contributed by atoms with Gasteiger partial charge < -0.3 is 14.4 Å². The first kappa shape index (κ1) is 15.7. The van der Waals surface area contributed by atoms with Gasteiger partial charge in [-0.2, -0.15) is 0 Å². The fourth-order valence-corrected chi connectivity index (χ4v) is 2.48. The fraction of sp³-hybridized carbons (Fsp3) is 0.412. The summed E-state index contributed by atoms with van der Waals surface area (Å²) in [5.74, 6) is 0.758. The van der Waals surface area contributed by atoms with E-state index in [1.807, 2.05) is 19.0 Å². The average Bonchev–Trinajstić information content (AvgIpc) is 3.06. The second kappa shape index (κ2) is 6.91. The first-order valence-electron chi connectivity index (χ1n) is 7.66. The van der Waals surface area contributed by atoms with Crippen LogP contribution in [0.25, 0.3) is 11.1 Å².